The fourth-order valence-corrected chi connectivity index (χ4v) is 4.61. The summed E-state index contributed by atoms with van der Waals surface area (Å²) < 4.78 is 40.6. The molecule has 30 heavy (non-hydrogen) atoms. The number of hydrogen-bond donors (Lipinski definition) is 1. The predicted molar refractivity (Wildman–Crippen MR) is 104 cm³/mol. The Bertz CT molecular complexity index is 1130. The van der Waals surface area contributed by atoms with E-state index in [1.807, 2.05) is 0 Å². The molecular formula is C20H18FN3O5S. The number of nitrogens with one attached hydrogen (secondary N) is 1. The van der Waals surface area contributed by atoms with Gasteiger partial charge in [0.15, 0.2) is 0 Å². The molecular weight excluding hydrogens is 413 g/mol. The molecule has 2 aromatic carbocycles. The lowest BCUT2D eigenvalue weighted by Gasteiger charge is -2.43. The molecule has 1 N–H and O–H groups in total. The van der Waals surface area contributed by atoms with E-state index in [1.54, 1.807) is 6.07 Å². The number of carbonyl (C=O) groups excluding carboxylic acids is 3. The Balaban J connectivity index is 1.44. The maximum atomic E-state index is 13.3. The van der Waals surface area contributed by atoms with E-state index in [9.17, 15) is 27.2 Å². The van der Waals surface area contributed by atoms with E-state index in [0.29, 0.717) is 0 Å². The van der Waals surface area contributed by atoms with Gasteiger partial charge >= 0.3 is 0 Å². The minimum absolute atomic E-state index is 0.159. The number of imide groups is 1. The summed E-state index contributed by atoms with van der Waals surface area (Å²) in [5, 5.41) is 0. The molecule has 10 heteroatoms. The van der Waals surface area contributed by atoms with Crippen LogP contribution in [0, 0.1) is 5.82 Å². The van der Waals surface area contributed by atoms with Crippen molar-refractivity contribution < 1.29 is 27.2 Å². The highest BCUT2D eigenvalue weighted by Gasteiger charge is 2.42. The lowest BCUT2D eigenvalue weighted by molar-refractivity contribution is -0.144. The van der Waals surface area contributed by atoms with Crippen molar-refractivity contribution in [2.24, 2.45) is 0 Å². The summed E-state index contributed by atoms with van der Waals surface area (Å²) >= 11 is 0. The van der Waals surface area contributed by atoms with Crippen LogP contribution in [0.5, 0.6) is 0 Å². The number of benzene rings is 2. The second-order valence-corrected chi connectivity index (χ2v) is 8.85. The maximum absolute atomic E-state index is 13.3. The minimum atomic E-state index is -4.02. The molecule has 0 saturated carbocycles. The molecule has 0 aliphatic carbocycles. The Morgan fingerprint density at radius 3 is 2.33 bits per heavy atom. The summed E-state index contributed by atoms with van der Waals surface area (Å²) in [4.78, 5) is 38.8. The van der Waals surface area contributed by atoms with Gasteiger partial charge in [-0.15, -0.1) is 0 Å². The van der Waals surface area contributed by atoms with Crippen molar-refractivity contribution >= 4 is 33.4 Å². The van der Waals surface area contributed by atoms with Gasteiger partial charge in [-0.3, -0.25) is 24.0 Å². The number of sulfonamides is 1. The smallest absolute Gasteiger partial charge is 0.261 e. The molecule has 0 unspecified atom stereocenters. The van der Waals surface area contributed by atoms with Crippen LogP contribution < -0.4 is 4.72 Å². The van der Waals surface area contributed by atoms with Crippen LogP contribution in [-0.4, -0.2) is 55.1 Å². The first kappa shape index (κ1) is 20.0. The third kappa shape index (κ3) is 3.78. The van der Waals surface area contributed by atoms with Gasteiger partial charge in [-0.05, 0) is 36.4 Å². The number of amides is 3. The van der Waals surface area contributed by atoms with Gasteiger partial charge < -0.3 is 4.90 Å². The molecule has 2 aliphatic heterocycles. The number of nitrogens with zero attached hydrogens (tertiary/aromatic N) is 2. The van der Waals surface area contributed by atoms with E-state index in [2.05, 4.69) is 4.72 Å². The molecule has 0 spiro atoms. The number of hydrogen-bond acceptors (Lipinski definition) is 5. The molecule has 2 saturated heterocycles. The fraction of sp³-hybridized carbons (Fsp3) is 0.250. The molecule has 3 amide bonds. The lowest BCUT2D eigenvalue weighted by atomic mass is 10.0. The van der Waals surface area contributed by atoms with E-state index < -0.39 is 15.8 Å². The van der Waals surface area contributed by atoms with E-state index in [1.165, 1.54) is 40.1 Å². The molecule has 0 atom stereocenters. The second kappa shape index (κ2) is 7.52. The second-order valence-electron chi connectivity index (χ2n) is 7.17. The molecule has 0 aromatic heterocycles. The zero-order chi connectivity index (χ0) is 21.5. The average Bonchev–Trinajstić information content (AvgIpc) is 2.99. The monoisotopic (exact) mass is 431 g/mol. The Hall–Kier alpha value is -3.27. The summed E-state index contributed by atoms with van der Waals surface area (Å²) in [6.45, 7) is 0.491. The first-order chi connectivity index (χ1) is 14.2. The minimum Gasteiger partial charge on any atom is -0.334 e. The van der Waals surface area contributed by atoms with Crippen molar-refractivity contribution in [1.82, 2.24) is 9.80 Å². The summed E-state index contributed by atoms with van der Waals surface area (Å²) in [5.74, 6) is -1.45. The topological polar surface area (TPSA) is 104 Å². The molecule has 2 heterocycles. The largest absolute Gasteiger partial charge is 0.334 e. The average molecular weight is 431 g/mol. The quantitative estimate of drug-likeness (QED) is 0.725. The predicted octanol–water partition coefficient (Wildman–Crippen LogP) is 1.60. The highest BCUT2D eigenvalue weighted by Crippen LogP contribution is 2.25. The third-order valence-electron chi connectivity index (χ3n) is 5.07. The van der Waals surface area contributed by atoms with Gasteiger partial charge in [0.05, 0.1) is 10.9 Å². The van der Waals surface area contributed by atoms with Crippen LogP contribution in [0.25, 0.3) is 0 Å². The number of likely N-dealkylation sites (tertiary alicyclic amines) is 2. The standard InChI is InChI=1S/C20H18FN3O5S/c21-14-4-2-6-17(10-14)30(28,29)22-15-5-1-3-13(9-15)20(27)23-11-16(12-23)24-18(25)7-8-19(24)26/h1-6,9-10,16,22H,7-8,11-12H2. The summed E-state index contributed by atoms with van der Waals surface area (Å²) in [6, 6.07) is 10.2. The number of rotatable bonds is 5. The third-order valence-corrected chi connectivity index (χ3v) is 6.45. The van der Waals surface area contributed by atoms with Crippen LogP contribution in [0.15, 0.2) is 53.4 Å². The van der Waals surface area contributed by atoms with Gasteiger partial charge in [-0.25, -0.2) is 12.8 Å². The SMILES string of the molecule is O=C(c1cccc(NS(=O)(=O)c2cccc(F)c2)c1)N1CC(N2C(=O)CCC2=O)C1. The number of carbonyl (C=O) groups is 3. The Morgan fingerprint density at radius 1 is 1.00 bits per heavy atom. The summed E-state index contributed by atoms with van der Waals surface area (Å²) in [6.07, 6.45) is 0.410. The molecule has 0 radical (unpaired) electrons. The summed E-state index contributed by atoms with van der Waals surface area (Å²) in [5.41, 5.74) is 0.416. The van der Waals surface area contributed by atoms with Crippen LogP contribution in [0.1, 0.15) is 23.2 Å². The van der Waals surface area contributed by atoms with Crippen LogP contribution in [0.2, 0.25) is 0 Å². The fourth-order valence-electron chi connectivity index (χ4n) is 3.53. The molecule has 0 bridgehead atoms. The lowest BCUT2D eigenvalue weighted by Crippen LogP contribution is -2.62. The van der Waals surface area contributed by atoms with E-state index >= 15 is 0 Å². The Kier molecular flexibility index (Phi) is 5.02. The van der Waals surface area contributed by atoms with Crippen molar-refractivity contribution in [3.63, 3.8) is 0 Å². The van der Waals surface area contributed by atoms with Crippen molar-refractivity contribution in [2.45, 2.75) is 23.8 Å². The Morgan fingerprint density at radius 2 is 1.67 bits per heavy atom. The van der Waals surface area contributed by atoms with Gasteiger partial charge in [0.1, 0.15) is 5.82 Å². The first-order valence-corrected chi connectivity index (χ1v) is 10.8. The molecule has 2 aromatic rings. The first-order valence-electron chi connectivity index (χ1n) is 9.27. The van der Waals surface area contributed by atoms with Gasteiger partial charge in [0.2, 0.25) is 11.8 Å². The van der Waals surface area contributed by atoms with Crippen molar-refractivity contribution in [3.05, 3.63) is 59.9 Å². The van der Waals surface area contributed by atoms with Crippen LogP contribution in [0.3, 0.4) is 0 Å². The molecule has 2 aliphatic rings. The van der Waals surface area contributed by atoms with E-state index in [0.717, 1.165) is 12.1 Å². The van der Waals surface area contributed by atoms with Gasteiger partial charge in [-0.2, -0.15) is 0 Å². The van der Waals surface area contributed by atoms with E-state index in [-0.39, 0.29) is 65.8 Å². The zero-order valence-electron chi connectivity index (χ0n) is 15.7. The molecule has 8 nitrogen and oxygen atoms in total. The Labute approximate surface area is 172 Å². The molecule has 4 rings (SSSR count). The van der Waals surface area contributed by atoms with Crippen LogP contribution >= 0.6 is 0 Å². The van der Waals surface area contributed by atoms with E-state index in [4.69, 9.17) is 0 Å². The van der Waals surface area contributed by atoms with Crippen LogP contribution in [-0.2, 0) is 19.6 Å². The van der Waals surface area contributed by atoms with Crippen molar-refractivity contribution in [3.8, 4) is 0 Å². The number of anilines is 1. The van der Waals surface area contributed by atoms with Gasteiger partial charge in [0, 0.05) is 37.2 Å². The van der Waals surface area contributed by atoms with Gasteiger partial charge in [-0.1, -0.05) is 12.1 Å². The highest BCUT2D eigenvalue weighted by atomic mass is 32.2. The van der Waals surface area contributed by atoms with Crippen molar-refractivity contribution in [1.29, 1.82) is 0 Å². The normalized spacial score (nSPS) is 17.2. The highest BCUT2D eigenvalue weighted by molar-refractivity contribution is 7.92. The van der Waals surface area contributed by atoms with Crippen molar-refractivity contribution in [2.75, 3.05) is 17.8 Å². The summed E-state index contributed by atoms with van der Waals surface area (Å²) in [7, 11) is -4.02. The van der Waals surface area contributed by atoms with Gasteiger partial charge in [0.25, 0.3) is 15.9 Å². The molecule has 156 valence electrons. The van der Waals surface area contributed by atoms with Crippen LogP contribution in [0.4, 0.5) is 10.1 Å². The number of halogens is 1. The molecule has 2 fully saturated rings. The zero-order valence-corrected chi connectivity index (χ0v) is 16.6. The maximum Gasteiger partial charge on any atom is 0.261 e.